The monoisotopic (exact) mass is 600 g/mol. The number of unbranched alkanes of at least 4 members (excludes halogenated alkanes) is 2. The van der Waals surface area contributed by atoms with Crippen molar-refractivity contribution in [2.45, 2.75) is 70.1 Å². The van der Waals surface area contributed by atoms with E-state index in [1.54, 1.807) is 0 Å². The molecular formula is C27H48N2O5Sn. The van der Waals surface area contributed by atoms with E-state index in [1.807, 2.05) is 38.0 Å². The van der Waals surface area contributed by atoms with Crippen LogP contribution in [0.5, 0.6) is 0 Å². The van der Waals surface area contributed by atoms with E-state index in [-0.39, 0.29) is 24.0 Å². The van der Waals surface area contributed by atoms with Gasteiger partial charge in [0.2, 0.25) is 0 Å². The number of nitrogens with zero attached hydrogens (tertiary/aromatic N) is 2. The van der Waals surface area contributed by atoms with Crippen LogP contribution in [0.1, 0.15) is 52.4 Å². The van der Waals surface area contributed by atoms with Crippen LogP contribution in [-0.2, 0) is 23.9 Å². The zero-order chi connectivity index (χ0) is 26.7. The van der Waals surface area contributed by atoms with Crippen LogP contribution in [-0.4, -0.2) is 99.4 Å². The van der Waals surface area contributed by atoms with Crippen LogP contribution in [0.3, 0.4) is 0 Å². The number of hydrogen-bond acceptors (Lipinski definition) is 7. The van der Waals surface area contributed by atoms with Crippen molar-refractivity contribution in [3.63, 3.8) is 0 Å². The molecule has 0 unspecified atom stereocenters. The number of allylic oxidation sites excluding steroid dienone is 3. The van der Waals surface area contributed by atoms with Gasteiger partial charge in [-0.3, -0.25) is 0 Å². The summed E-state index contributed by atoms with van der Waals surface area (Å²) >= 11 is -3.18. The Kier molecular flexibility index (Phi) is 19.1. The zero-order valence-corrected chi connectivity index (χ0v) is 25.8. The summed E-state index contributed by atoms with van der Waals surface area (Å²) in [5.74, 6) is -0.673. The summed E-state index contributed by atoms with van der Waals surface area (Å²) in [5.41, 5.74) is 0. The number of esters is 1. The molecule has 0 aromatic heterocycles. The molecule has 7 nitrogen and oxygen atoms in total. The molecule has 0 aromatic rings. The number of likely N-dealkylation sites (N-methyl/N-ethyl adjacent to an activating group) is 1. The fourth-order valence-electron chi connectivity index (χ4n) is 3.88. The molecule has 0 aromatic carbocycles. The fourth-order valence-corrected chi connectivity index (χ4v) is 18.2. The van der Waals surface area contributed by atoms with Crippen LogP contribution in [0, 0.1) is 0 Å². The first-order valence-corrected chi connectivity index (χ1v) is 21.0. The van der Waals surface area contributed by atoms with E-state index >= 15 is 0 Å². The van der Waals surface area contributed by atoms with E-state index in [2.05, 4.69) is 13.8 Å². The second kappa shape index (κ2) is 19.8. The Labute approximate surface area is 217 Å². The molecule has 0 atom stereocenters. The van der Waals surface area contributed by atoms with Crippen molar-refractivity contribution in [3.05, 3.63) is 24.3 Å². The molecule has 0 spiro atoms. The standard InChI is InChI=1S/C10H16NO2.C9H14NO3.2C4H9.Sn/c1-9(12)6-7-10(13)5-4-8-11(2)3;1-8(11)4-5-9(12)13-7-6-10(2)3;2*1-3-4-2;/h6-7H,1,4-5,8H2,2-3H3;4-5H,1,6-7H2,2-3H3;2*1,3-4H2,2H3;. The maximum absolute atomic E-state index is 12.9. The van der Waals surface area contributed by atoms with E-state index in [4.69, 9.17) is 4.74 Å². The Hall–Kier alpha value is -1.32. The zero-order valence-electron chi connectivity index (χ0n) is 22.9. The van der Waals surface area contributed by atoms with Crippen molar-refractivity contribution in [2.24, 2.45) is 0 Å². The SMILES string of the molecule is CCC[CH2][Sn]([CH2]CCC)([CH2]C(=O)C=CC(=O)CCCN(C)C)[CH2]C(=O)C=CC(=O)OCCN(C)C. The molecule has 0 N–H and O–H groups in total. The van der Waals surface area contributed by atoms with E-state index in [9.17, 15) is 19.2 Å². The van der Waals surface area contributed by atoms with Crippen molar-refractivity contribution in [3.8, 4) is 0 Å². The van der Waals surface area contributed by atoms with Gasteiger partial charge >= 0.3 is 218 Å². The first kappa shape index (κ1) is 33.7. The molecular weight excluding hydrogens is 551 g/mol. The van der Waals surface area contributed by atoms with Gasteiger partial charge in [-0.05, 0) is 0 Å². The number of carbonyl (C=O) groups excluding carboxylic acids is 4. The predicted octanol–water partition coefficient (Wildman–Crippen LogP) is 4.30. The van der Waals surface area contributed by atoms with Crippen LogP contribution in [0.2, 0.25) is 17.7 Å². The minimum absolute atomic E-state index is 0.0325. The molecule has 35 heavy (non-hydrogen) atoms. The topological polar surface area (TPSA) is 84.0 Å². The van der Waals surface area contributed by atoms with Crippen LogP contribution in [0.4, 0.5) is 0 Å². The molecule has 0 aliphatic carbocycles. The van der Waals surface area contributed by atoms with Crippen molar-refractivity contribution >= 4 is 41.7 Å². The molecule has 0 heterocycles. The second-order valence-electron chi connectivity index (χ2n) is 10.0. The van der Waals surface area contributed by atoms with Crippen molar-refractivity contribution in [1.29, 1.82) is 0 Å². The number of rotatable bonds is 21. The van der Waals surface area contributed by atoms with Gasteiger partial charge in [-0.25, -0.2) is 0 Å². The first-order chi connectivity index (χ1) is 16.5. The molecule has 0 bridgehead atoms. The van der Waals surface area contributed by atoms with E-state index in [0.717, 1.165) is 47.5 Å². The summed E-state index contributed by atoms with van der Waals surface area (Å²) in [5, 5.41) is 0. The Morgan fingerprint density at radius 1 is 0.686 bits per heavy atom. The van der Waals surface area contributed by atoms with Crippen LogP contribution < -0.4 is 0 Å². The third-order valence-electron chi connectivity index (χ3n) is 5.89. The van der Waals surface area contributed by atoms with E-state index < -0.39 is 24.3 Å². The van der Waals surface area contributed by atoms with Gasteiger partial charge in [0.1, 0.15) is 0 Å². The molecule has 0 saturated heterocycles. The summed E-state index contributed by atoms with van der Waals surface area (Å²) in [6, 6.07) is 0. The fraction of sp³-hybridized carbons (Fsp3) is 0.704. The van der Waals surface area contributed by atoms with Crippen LogP contribution >= 0.6 is 0 Å². The molecule has 0 aliphatic rings. The van der Waals surface area contributed by atoms with Gasteiger partial charge < -0.3 is 0 Å². The molecule has 0 aliphatic heterocycles. The van der Waals surface area contributed by atoms with E-state index in [0.29, 0.717) is 21.8 Å². The molecule has 0 rings (SSSR count). The van der Waals surface area contributed by atoms with Gasteiger partial charge in [0.25, 0.3) is 0 Å². The quantitative estimate of drug-likeness (QED) is 0.111. The van der Waals surface area contributed by atoms with Gasteiger partial charge in [0, 0.05) is 0 Å². The maximum atomic E-state index is 12.9. The molecule has 200 valence electrons. The van der Waals surface area contributed by atoms with Gasteiger partial charge in [-0.2, -0.15) is 0 Å². The van der Waals surface area contributed by atoms with E-state index in [1.165, 1.54) is 24.3 Å². The van der Waals surface area contributed by atoms with Gasteiger partial charge in [0.15, 0.2) is 0 Å². The summed E-state index contributed by atoms with van der Waals surface area (Å²) < 4.78 is 7.90. The summed E-state index contributed by atoms with van der Waals surface area (Å²) in [7, 11) is 7.72. The van der Waals surface area contributed by atoms with Gasteiger partial charge in [-0.1, -0.05) is 0 Å². The van der Waals surface area contributed by atoms with Crippen molar-refractivity contribution in [1.82, 2.24) is 9.80 Å². The predicted molar refractivity (Wildman–Crippen MR) is 145 cm³/mol. The van der Waals surface area contributed by atoms with Crippen LogP contribution in [0.15, 0.2) is 24.3 Å². The van der Waals surface area contributed by atoms with Gasteiger partial charge in [-0.15, -0.1) is 0 Å². The summed E-state index contributed by atoms with van der Waals surface area (Å²) in [4.78, 5) is 53.7. The Balaban J connectivity index is 5.25. The molecule has 0 amide bonds. The average molecular weight is 599 g/mol. The Morgan fingerprint density at radius 2 is 1.17 bits per heavy atom. The molecule has 0 saturated carbocycles. The minimum atomic E-state index is -3.18. The third-order valence-corrected chi connectivity index (χ3v) is 20.2. The van der Waals surface area contributed by atoms with Crippen LogP contribution in [0.25, 0.3) is 0 Å². The summed E-state index contributed by atoms with van der Waals surface area (Å²) in [6.45, 7) is 5.97. The molecule has 0 fully saturated rings. The molecule has 8 heteroatoms. The Bertz CT molecular complexity index is 656. The van der Waals surface area contributed by atoms with Gasteiger partial charge in [0.05, 0.1) is 0 Å². The van der Waals surface area contributed by atoms with Crippen molar-refractivity contribution < 1.29 is 23.9 Å². The number of ether oxygens (including phenoxy) is 1. The number of ketones is 3. The third kappa shape index (κ3) is 18.6. The number of carbonyl (C=O) groups is 4. The average Bonchev–Trinajstić information content (AvgIpc) is 2.78. The number of hydrogen-bond donors (Lipinski definition) is 0. The second-order valence-corrected chi connectivity index (χ2v) is 23.4. The first-order valence-electron chi connectivity index (χ1n) is 12.9. The van der Waals surface area contributed by atoms with Crippen molar-refractivity contribution in [2.75, 3.05) is 47.9 Å². The Morgan fingerprint density at radius 3 is 1.66 bits per heavy atom. The normalized spacial score (nSPS) is 12.2. The summed E-state index contributed by atoms with van der Waals surface area (Å²) in [6.07, 6.45) is 10.6. The molecule has 0 radical (unpaired) electrons.